The zero-order valence-corrected chi connectivity index (χ0v) is 16.0. The van der Waals surface area contributed by atoms with Crippen LogP contribution in [0.15, 0.2) is 30.3 Å². The summed E-state index contributed by atoms with van der Waals surface area (Å²) in [5.74, 6) is 1.58. The zero-order valence-electron chi connectivity index (χ0n) is 16.0. The maximum Gasteiger partial charge on any atom is 0.324 e. The molecular weight excluding hydrogens is 340 g/mol. The predicted molar refractivity (Wildman–Crippen MR) is 108 cm³/mol. The number of piperidine rings is 1. The number of hydrogen-bond acceptors (Lipinski definition) is 5. The molecule has 3 heterocycles. The van der Waals surface area contributed by atoms with Crippen LogP contribution < -0.4 is 15.1 Å². The summed E-state index contributed by atoms with van der Waals surface area (Å²) in [5.41, 5.74) is 2.76. The molecule has 1 aromatic heterocycles. The number of urea groups is 1. The van der Waals surface area contributed by atoms with Crippen molar-refractivity contribution in [2.75, 3.05) is 48.3 Å². The molecule has 0 atom stereocenters. The van der Waals surface area contributed by atoms with Gasteiger partial charge in [-0.05, 0) is 44.4 Å². The Hall–Kier alpha value is -2.83. The number of aryl methyl sites for hydroxylation is 1. The molecular formula is C20H26N6O. The van der Waals surface area contributed by atoms with Gasteiger partial charge in [0.15, 0.2) is 0 Å². The molecule has 2 aliphatic heterocycles. The van der Waals surface area contributed by atoms with Gasteiger partial charge in [0, 0.05) is 56.4 Å². The lowest BCUT2D eigenvalue weighted by Crippen LogP contribution is -2.31. The molecule has 0 unspecified atom stereocenters. The van der Waals surface area contributed by atoms with Gasteiger partial charge in [-0.3, -0.25) is 4.90 Å². The van der Waals surface area contributed by atoms with Crippen molar-refractivity contribution in [1.82, 2.24) is 14.9 Å². The van der Waals surface area contributed by atoms with Crippen molar-refractivity contribution < 1.29 is 4.79 Å². The van der Waals surface area contributed by atoms with E-state index < -0.39 is 0 Å². The van der Waals surface area contributed by atoms with E-state index in [0.717, 1.165) is 48.5 Å². The first-order valence-electron chi connectivity index (χ1n) is 9.60. The van der Waals surface area contributed by atoms with Gasteiger partial charge in [0.05, 0.1) is 0 Å². The Bertz CT molecular complexity index is 833. The summed E-state index contributed by atoms with van der Waals surface area (Å²) < 4.78 is 0. The molecule has 0 spiro atoms. The van der Waals surface area contributed by atoms with Crippen molar-refractivity contribution in [2.24, 2.45) is 0 Å². The molecule has 2 saturated heterocycles. The van der Waals surface area contributed by atoms with Gasteiger partial charge >= 0.3 is 6.03 Å². The quantitative estimate of drug-likeness (QED) is 0.899. The Balaban J connectivity index is 1.55. The van der Waals surface area contributed by atoms with Crippen LogP contribution in [0.2, 0.25) is 0 Å². The lowest BCUT2D eigenvalue weighted by molar-refractivity contribution is 0.229. The zero-order chi connectivity index (χ0) is 18.8. The molecule has 1 aromatic carbocycles. The van der Waals surface area contributed by atoms with Crippen LogP contribution in [0.1, 0.15) is 25.0 Å². The monoisotopic (exact) mass is 366 g/mol. The van der Waals surface area contributed by atoms with Crippen molar-refractivity contribution in [3.8, 4) is 0 Å². The van der Waals surface area contributed by atoms with Crippen LogP contribution in [0, 0.1) is 6.92 Å². The predicted octanol–water partition coefficient (Wildman–Crippen LogP) is 3.39. The lowest BCUT2D eigenvalue weighted by Gasteiger charge is -2.27. The second-order valence-corrected chi connectivity index (χ2v) is 7.27. The van der Waals surface area contributed by atoms with Gasteiger partial charge in [-0.25, -0.2) is 9.78 Å². The minimum absolute atomic E-state index is 0.0393. The first-order valence-corrected chi connectivity index (χ1v) is 9.60. The number of carbonyl (C=O) groups is 1. The molecule has 142 valence electrons. The van der Waals surface area contributed by atoms with E-state index in [2.05, 4.69) is 15.2 Å². The molecule has 2 amide bonds. The third-order valence-electron chi connectivity index (χ3n) is 5.13. The molecule has 0 radical (unpaired) electrons. The van der Waals surface area contributed by atoms with E-state index in [1.807, 2.05) is 44.3 Å². The topological polar surface area (TPSA) is 64.6 Å². The van der Waals surface area contributed by atoms with Crippen LogP contribution in [-0.2, 0) is 0 Å². The van der Waals surface area contributed by atoms with E-state index in [-0.39, 0.29) is 6.03 Å². The lowest BCUT2D eigenvalue weighted by atomic mass is 10.1. The molecule has 7 heteroatoms. The molecule has 2 aromatic rings. The molecule has 2 fully saturated rings. The highest BCUT2D eigenvalue weighted by atomic mass is 16.2. The minimum Gasteiger partial charge on any atom is -0.341 e. The number of rotatable bonds is 4. The summed E-state index contributed by atoms with van der Waals surface area (Å²) in [4.78, 5) is 27.4. The second-order valence-electron chi connectivity index (χ2n) is 7.27. The fourth-order valence-electron chi connectivity index (χ4n) is 3.64. The Morgan fingerprint density at radius 2 is 1.81 bits per heavy atom. The second kappa shape index (κ2) is 7.42. The molecule has 1 N–H and O–H groups in total. The highest BCUT2D eigenvalue weighted by Crippen LogP contribution is 2.26. The van der Waals surface area contributed by atoms with Gasteiger partial charge in [0.25, 0.3) is 0 Å². The Labute approximate surface area is 160 Å². The summed E-state index contributed by atoms with van der Waals surface area (Å²) in [6.45, 7) is 5.49. The van der Waals surface area contributed by atoms with Gasteiger partial charge in [0.2, 0.25) is 5.95 Å². The number of likely N-dealkylation sites (N-methyl/N-ethyl adjacent to an activating group) is 1. The SMILES string of the molecule is Cc1cc(Nc2cccc(N3CCN(C)C3=O)c2)nc(N2CCCCC2)n1. The molecule has 4 rings (SSSR count). The van der Waals surface area contributed by atoms with Gasteiger partial charge < -0.3 is 15.1 Å². The number of benzene rings is 1. The molecule has 0 saturated carbocycles. The molecule has 27 heavy (non-hydrogen) atoms. The van der Waals surface area contributed by atoms with E-state index in [0.29, 0.717) is 6.54 Å². The van der Waals surface area contributed by atoms with Crippen molar-refractivity contribution in [2.45, 2.75) is 26.2 Å². The fraction of sp³-hybridized carbons (Fsp3) is 0.450. The number of anilines is 4. The number of aromatic nitrogens is 2. The summed E-state index contributed by atoms with van der Waals surface area (Å²) >= 11 is 0. The van der Waals surface area contributed by atoms with E-state index in [4.69, 9.17) is 4.98 Å². The van der Waals surface area contributed by atoms with E-state index in [1.54, 1.807) is 9.80 Å². The maximum absolute atomic E-state index is 12.2. The normalized spacial score (nSPS) is 17.6. The Morgan fingerprint density at radius 1 is 1.00 bits per heavy atom. The van der Waals surface area contributed by atoms with Crippen molar-refractivity contribution >= 4 is 29.2 Å². The molecule has 2 aliphatic rings. The van der Waals surface area contributed by atoms with Crippen LogP contribution >= 0.6 is 0 Å². The third kappa shape index (κ3) is 3.82. The van der Waals surface area contributed by atoms with E-state index in [9.17, 15) is 4.79 Å². The van der Waals surface area contributed by atoms with Crippen LogP contribution in [0.25, 0.3) is 0 Å². The molecule has 0 bridgehead atoms. The summed E-state index contributed by atoms with van der Waals surface area (Å²) in [5, 5.41) is 3.38. The van der Waals surface area contributed by atoms with Crippen LogP contribution in [-0.4, -0.2) is 54.1 Å². The maximum atomic E-state index is 12.2. The average molecular weight is 366 g/mol. The van der Waals surface area contributed by atoms with Crippen molar-refractivity contribution in [3.05, 3.63) is 36.0 Å². The van der Waals surface area contributed by atoms with Crippen molar-refractivity contribution in [3.63, 3.8) is 0 Å². The molecule has 7 nitrogen and oxygen atoms in total. The number of nitrogens with one attached hydrogen (secondary N) is 1. The average Bonchev–Trinajstić information content (AvgIpc) is 3.01. The minimum atomic E-state index is 0.0393. The van der Waals surface area contributed by atoms with Gasteiger partial charge in [-0.2, -0.15) is 4.98 Å². The Kier molecular flexibility index (Phi) is 4.83. The van der Waals surface area contributed by atoms with Gasteiger partial charge in [-0.15, -0.1) is 0 Å². The fourth-order valence-corrected chi connectivity index (χ4v) is 3.64. The largest absolute Gasteiger partial charge is 0.341 e. The van der Waals surface area contributed by atoms with Gasteiger partial charge in [0.1, 0.15) is 5.82 Å². The first kappa shape index (κ1) is 17.6. The van der Waals surface area contributed by atoms with Crippen LogP contribution in [0.4, 0.5) is 27.9 Å². The highest BCUT2D eigenvalue weighted by molar-refractivity contribution is 5.94. The summed E-state index contributed by atoms with van der Waals surface area (Å²) in [6, 6.07) is 9.91. The summed E-state index contributed by atoms with van der Waals surface area (Å²) in [6.07, 6.45) is 3.67. The number of hydrogen-bond donors (Lipinski definition) is 1. The number of nitrogens with zero attached hydrogens (tertiary/aromatic N) is 5. The summed E-state index contributed by atoms with van der Waals surface area (Å²) in [7, 11) is 1.83. The molecule has 0 aliphatic carbocycles. The van der Waals surface area contributed by atoms with Crippen molar-refractivity contribution in [1.29, 1.82) is 0 Å². The van der Waals surface area contributed by atoms with E-state index >= 15 is 0 Å². The Morgan fingerprint density at radius 3 is 2.56 bits per heavy atom. The number of carbonyl (C=O) groups excluding carboxylic acids is 1. The van der Waals surface area contributed by atoms with Gasteiger partial charge in [-0.1, -0.05) is 6.07 Å². The standard InChI is InChI=1S/C20H26N6O/c1-15-13-18(23-19(21-15)25-9-4-3-5-10-25)22-16-7-6-8-17(14-16)26-12-11-24(2)20(26)27/h6-8,13-14H,3-5,9-12H2,1-2H3,(H,21,22,23). The number of amides is 2. The van der Waals surface area contributed by atoms with Crippen LogP contribution in [0.3, 0.4) is 0 Å². The highest BCUT2D eigenvalue weighted by Gasteiger charge is 2.26. The van der Waals surface area contributed by atoms with E-state index in [1.165, 1.54) is 19.3 Å². The first-order chi connectivity index (χ1) is 13.1. The third-order valence-corrected chi connectivity index (χ3v) is 5.13. The van der Waals surface area contributed by atoms with Crippen LogP contribution in [0.5, 0.6) is 0 Å². The smallest absolute Gasteiger partial charge is 0.324 e.